The van der Waals surface area contributed by atoms with Crippen LogP contribution in [-0.2, 0) is 0 Å². The van der Waals surface area contributed by atoms with Gasteiger partial charge >= 0.3 is 0 Å². The van der Waals surface area contributed by atoms with Crippen LogP contribution in [0.1, 0.15) is 21.5 Å². The largest absolute Gasteiger partial charge is 0.322 e. The van der Waals surface area contributed by atoms with Gasteiger partial charge in [-0.3, -0.25) is 14.9 Å². The van der Waals surface area contributed by atoms with Crippen LogP contribution in [0.15, 0.2) is 60.9 Å². The van der Waals surface area contributed by atoms with Gasteiger partial charge in [0.25, 0.3) is 11.6 Å². The van der Waals surface area contributed by atoms with Gasteiger partial charge in [0, 0.05) is 35.8 Å². The number of rotatable bonds is 4. The van der Waals surface area contributed by atoms with E-state index in [1.54, 1.807) is 0 Å². The molecule has 0 unspecified atom stereocenters. The maximum Gasteiger partial charge on any atom is 0.270 e. The van der Waals surface area contributed by atoms with E-state index >= 15 is 0 Å². The molecule has 1 N–H and O–H groups in total. The number of fused-ring (bicyclic) bond motifs is 1. The standard InChI is InChI=1S/C22H17ClN4O3/c1-13-5-6-15(20-12-26-9-3-4-14(2)21(26)24-20)10-19(13)25-22(28)17-8-7-16(27(29)30)11-18(17)23/h3-12H,1-2H3,(H,25,28). The second-order valence-electron chi connectivity index (χ2n) is 6.95. The SMILES string of the molecule is Cc1ccc(-c2cn3cccc(C)c3n2)cc1NC(=O)c1ccc([N+](=O)[O-])cc1Cl. The van der Waals surface area contributed by atoms with Gasteiger partial charge in [-0.15, -0.1) is 0 Å². The zero-order valence-corrected chi connectivity index (χ0v) is 17.0. The van der Waals surface area contributed by atoms with Gasteiger partial charge in [0.05, 0.1) is 21.2 Å². The fourth-order valence-corrected chi connectivity index (χ4v) is 3.46. The summed E-state index contributed by atoms with van der Waals surface area (Å²) < 4.78 is 1.96. The van der Waals surface area contributed by atoms with Crippen LogP contribution < -0.4 is 5.32 Å². The van der Waals surface area contributed by atoms with Gasteiger partial charge in [0.15, 0.2) is 0 Å². The number of hydrogen-bond acceptors (Lipinski definition) is 4. The molecule has 0 saturated carbocycles. The molecule has 0 fully saturated rings. The second kappa shape index (κ2) is 7.61. The molecular weight excluding hydrogens is 404 g/mol. The second-order valence-corrected chi connectivity index (χ2v) is 7.36. The number of pyridine rings is 1. The van der Waals surface area contributed by atoms with Crippen molar-refractivity contribution in [2.45, 2.75) is 13.8 Å². The van der Waals surface area contributed by atoms with Crippen LogP contribution in [0.2, 0.25) is 5.02 Å². The molecule has 0 saturated heterocycles. The minimum atomic E-state index is -0.558. The number of nitro groups is 1. The molecule has 1 amide bonds. The molecular formula is C22H17ClN4O3. The Morgan fingerprint density at radius 1 is 1.13 bits per heavy atom. The zero-order valence-electron chi connectivity index (χ0n) is 16.2. The summed E-state index contributed by atoms with van der Waals surface area (Å²) in [6.45, 7) is 3.88. The fourth-order valence-electron chi connectivity index (χ4n) is 3.20. The maximum atomic E-state index is 12.7. The molecule has 0 spiro atoms. The van der Waals surface area contributed by atoms with Gasteiger partial charge in [-0.1, -0.05) is 29.8 Å². The molecule has 0 aliphatic heterocycles. The Morgan fingerprint density at radius 2 is 1.93 bits per heavy atom. The summed E-state index contributed by atoms with van der Waals surface area (Å²) >= 11 is 6.08. The summed E-state index contributed by atoms with van der Waals surface area (Å²) in [5.74, 6) is -0.444. The van der Waals surface area contributed by atoms with E-state index in [1.807, 2.05) is 61.0 Å². The first-order valence-corrected chi connectivity index (χ1v) is 9.52. The molecule has 0 aliphatic rings. The molecule has 30 heavy (non-hydrogen) atoms. The first-order valence-electron chi connectivity index (χ1n) is 9.14. The van der Waals surface area contributed by atoms with Crippen molar-refractivity contribution >= 4 is 34.5 Å². The molecule has 7 nitrogen and oxygen atoms in total. The number of aromatic nitrogens is 2. The molecule has 2 aromatic heterocycles. The molecule has 0 radical (unpaired) electrons. The van der Waals surface area contributed by atoms with Crippen molar-refractivity contribution < 1.29 is 9.72 Å². The average molecular weight is 421 g/mol. The summed E-state index contributed by atoms with van der Waals surface area (Å²) in [7, 11) is 0. The van der Waals surface area contributed by atoms with E-state index in [0.717, 1.165) is 28.0 Å². The summed E-state index contributed by atoms with van der Waals surface area (Å²) in [6.07, 6.45) is 3.87. The number of halogens is 1. The predicted octanol–water partition coefficient (Wildman–Crippen LogP) is 5.43. The van der Waals surface area contributed by atoms with Gasteiger partial charge in [-0.25, -0.2) is 4.98 Å². The Balaban J connectivity index is 1.66. The lowest BCUT2D eigenvalue weighted by atomic mass is 10.1. The Hall–Kier alpha value is -3.71. The van der Waals surface area contributed by atoms with Crippen LogP contribution >= 0.6 is 11.6 Å². The highest BCUT2D eigenvalue weighted by Gasteiger charge is 2.16. The Kier molecular flexibility index (Phi) is 4.97. The Labute approximate surface area is 177 Å². The van der Waals surface area contributed by atoms with Crippen molar-refractivity contribution in [2.75, 3.05) is 5.32 Å². The molecule has 4 aromatic rings. The van der Waals surface area contributed by atoms with E-state index in [0.29, 0.717) is 5.69 Å². The van der Waals surface area contributed by atoms with Gasteiger partial charge in [0.2, 0.25) is 0 Å². The molecule has 8 heteroatoms. The highest BCUT2D eigenvalue weighted by Crippen LogP contribution is 2.28. The number of carbonyl (C=O) groups is 1. The average Bonchev–Trinajstić information content (AvgIpc) is 3.15. The minimum Gasteiger partial charge on any atom is -0.322 e. The molecule has 0 atom stereocenters. The van der Waals surface area contributed by atoms with Crippen LogP contribution in [0.4, 0.5) is 11.4 Å². The number of nitrogens with zero attached hydrogens (tertiary/aromatic N) is 3. The van der Waals surface area contributed by atoms with E-state index in [2.05, 4.69) is 5.32 Å². The third kappa shape index (κ3) is 3.62. The van der Waals surface area contributed by atoms with Gasteiger partial charge < -0.3 is 9.72 Å². The number of benzene rings is 2. The quantitative estimate of drug-likeness (QED) is 0.352. The maximum absolute atomic E-state index is 12.7. The van der Waals surface area contributed by atoms with Crippen LogP contribution in [-0.4, -0.2) is 20.2 Å². The first-order chi connectivity index (χ1) is 14.3. The van der Waals surface area contributed by atoms with Crippen LogP contribution in [0.5, 0.6) is 0 Å². The van der Waals surface area contributed by atoms with Crippen LogP contribution in [0.25, 0.3) is 16.9 Å². The summed E-state index contributed by atoms with van der Waals surface area (Å²) in [4.78, 5) is 27.7. The molecule has 150 valence electrons. The number of anilines is 1. The van der Waals surface area contributed by atoms with Gasteiger partial charge in [0.1, 0.15) is 5.65 Å². The normalized spacial score (nSPS) is 10.9. The lowest BCUT2D eigenvalue weighted by Gasteiger charge is -2.11. The van der Waals surface area contributed by atoms with Crippen LogP contribution in [0.3, 0.4) is 0 Å². The number of nitrogens with one attached hydrogen (secondary N) is 1. The number of hydrogen-bond donors (Lipinski definition) is 1. The van der Waals surface area contributed by atoms with Gasteiger partial charge in [-0.2, -0.15) is 0 Å². The summed E-state index contributed by atoms with van der Waals surface area (Å²) in [5, 5.41) is 13.7. The topological polar surface area (TPSA) is 89.5 Å². The van der Waals surface area contributed by atoms with Crippen molar-refractivity contribution in [3.05, 3.63) is 92.8 Å². The number of amides is 1. The third-order valence-electron chi connectivity index (χ3n) is 4.87. The molecule has 0 bridgehead atoms. The van der Waals surface area contributed by atoms with Crippen molar-refractivity contribution in [2.24, 2.45) is 0 Å². The van der Waals surface area contributed by atoms with E-state index in [-0.39, 0.29) is 16.3 Å². The first kappa shape index (κ1) is 19.6. The minimum absolute atomic E-state index is 0.0198. The highest BCUT2D eigenvalue weighted by molar-refractivity contribution is 6.34. The molecule has 2 aromatic carbocycles. The molecule has 4 rings (SSSR count). The van der Waals surface area contributed by atoms with Crippen molar-refractivity contribution in [3.8, 4) is 11.3 Å². The van der Waals surface area contributed by atoms with E-state index < -0.39 is 10.8 Å². The Bertz CT molecular complexity index is 1310. The van der Waals surface area contributed by atoms with Crippen molar-refractivity contribution in [1.82, 2.24) is 9.38 Å². The van der Waals surface area contributed by atoms with Crippen molar-refractivity contribution in [1.29, 1.82) is 0 Å². The fraction of sp³-hybridized carbons (Fsp3) is 0.0909. The van der Waals surface area contributed by atoms with E-state index in [4.69, 9.17) is 16.6 Å². The lowest BCUT2D eigenvalue weighted by Crippen LogP contribution is -2.13. The Morgan fingerprint density at radius 3 is 2.63 bits per heavy atom. The number of aryl methyl sites for hydroxylation is 2. The molecule has 0 aliphatic carbocycles. The molecule has 2 heterocycles. The van der Waals surface area contributed by atoms with Crippen LogP contribution in [0, 0.1) is 24.0 Å². The lowest BCUT2D eigenvalue weighted by molar-refractivity contribution is -0.384. The zero-order chi connectivity index (χ0) is 21.4. The third-order valence-corrected chi connectivity index (χ3v) is 5.18. The number of nitro benzene ring substituents is 1. The smallest absolute Gasteiger partial charge is 0.270 e. The number of carbonyl (C=O) groups excluding carboxylic acids is 1. The monoisotopic (exact) mass is 420 g/mol. The summed E-state index contributed by atoms with van der Waals surface area (Å²) in [5.41, 5.74) is 5.05. The summed E-state index contributed by atoms with van der Waals surface area (Å²) in [6, 6.07) is 13.4. The highest BCUT2D eigenvalue weighted by atomic mass is 35.5. The van der Waals surface area contributed by atoms with Gasteiger partial charge in [-0.05, 0) is 43.2 Å². The van der Waals surface area contributed by atoms with E-state index in [1.165, 1.54) is 18.2 Å². The van der Waals surface area contributed by atoms with E-state index in [9.17, 15) is 14.9 Å². The van der Waals surface area contributed by atoms with Crippen molar-refractivity contribution in [3.63, 3.8) is 0 Å². The number of imidazole rings is 1. The predicted molar refractivity (Wildman–Crippen MR) is 116 cm³/mol. The number of non-ortho nitro benzene ring substituents is 1.